The molecule has 0 amide bonds. The first-order valence-corrected chi connectivity index (χ1v) is 7.51. The summed E-state index contributed by atoms with van der Waals surface area (Å²) < 4.78 is 10.6. The summed E-state index contributed by atoms with van der Waals surface area (Å²) in [5, 5.41) is 11.3. The van der Waals surface area contributed by atoms with Gasteiger partial charge in [0.05, 0.1) is 16.0 Å². The summed E-state index contributed by atoms with van der Waals surface area (Å²) in [6.07, 6.45) is 1.11. The van der Waals surface area contributed by atoms with Crippen molar-refractivity contribution in [1.82, 2.24) is 4.98 Å². The number of oxazole rings is 1. The molecule has 0 spiro atoms. The molecule has 0 N–H and O–H groups in total. The number of nitro groups is 1. The Balaban J connectivity index is 1.94. The zero-order valence-corrected chi connectivity index (χ0v) is 13.7. The highest BCUT2D eigenvalue weighted by Gasteiger charge is 2.23. The second-order valence-electron chi connectivity index (χ2n) is 5.11. The summed E-state index contributed by atoms with van der Waals surface area (Å²) in [5.74, 6) is -0.557. The molecule has 0 fully saturated rings. The molecule has 8 heteroatoms. The van der Waals surface area contributed by atoms with E-state index >= 15 is 0 Å². The van der Waals surface area contributed by atoms with Crippen LogP contribution in [0.15, 0.2) is 53.3 Å². The minimum Gasteiger partial charge on any atom is -0.442 e. The van der Waals surface area contributed by atoms with Gasteiger partial charge in [0.1, 0.15) is 5.75 Å². The predicted molar refractivity (Wildman–Crippen MR) is 89.7 cm³/mol. The van der Waals surface area contributed by atoms with Crippen molar-refractivity contribution in [3.8, 4) is 17.1 Å². The molecular weight excluding hydrogens is 348 g/mol. The number of carbonyl (C=O) groups is 1. The maximum Gasteiger partial charge on any atom is 0.366 e. The third kappa shape index (κ3) is 3.36. The molecule has 0 aliphatic heterocycles. The number of aromatic nitrogens is 1. The van der Waals surface area contributed by atoms with Gasteiger partial charge >= 0.3 is 5.97 Å². The van der Waals surface area contributed by atoms with E-state index in [1.54, 1.807) is 31.2 Å². The van der Waals surface area contributed by atoms with Gasteiger partial charge in [0.15, 0.2) is 17.8 Å². The average Bonchev–Trinajstić information content (AvgIpc) is 3.06. The van der Waals surface area contributed by atoms with Crippen molar-refractivity contribution in [2.24, 2.45) is 0 Å². The van der Waals surface area contributed by atoms with Gasteiger partial charge < -0.3 is 9.15 Å². The summed E-state index contributed by atoms with van der Waals surface area (Å²) in [4.78, 5) is 26.7. The Labute approximate surface area is 147 Å². The van der Waals surface area contributed by atoms with E-state index in [4.69, 9.17) is 20.8 Å². The number of nitrogens with zero attached hydrogens (tertiary/aromatic N) is 2. The number of aryl methyl sites for hydroxylation is 1. The van der Waals surface area contributed by atoms with Gasteiger partial charge in [0.25, 0.3) is 5.69 Å². The second-order valence-corrected chi connectivity index (χ2v) is 5.51. The number of nitro benzene ring substituents is 1. The van der Waals surface area contributed by atoms with Crippen LogP contribution in [0.25, 0.3) is 11.3 Å². The second kappa shape index (κ2) is 6.74. The van der Waals surface area contributed by atoms with Crippen molar-refractivity contribution in [2.45, 2.75) is 6.92 Å². The maximum absolute atomic E-state index is 12.5. The molecule has 2 aromatic carbocycles. The van der Waals surface area contributed by atoms with Crippen LogP contribution in [0.1, 0.15) is 16.1 Å². The molecule has 7 nitrogen and oxygen atoms in total. The molecule has 25 heavy (non-hydrogen) atoms. The Morgan fingerprint density at radius 1 is 1.28 bits per heavy atom. The Morgan fingerprint density at radius 3 is 2.76 bits per heavy atom. The Bertz CT molecular complexity index is 967. The monoisotopic (exact) mass is 358 g/mol. The number of carbonyl (C=O) groups excluding carboxylic acids is 1. The van der Waals surface area contributed by atoms with Crippen LogP contribution in [0, 0.1) is 17.0 Å². The first-order valence-electron chi connectivity index (χ1n) is 7.13. The van der Waals surface area contributed by atoms with Crippen molar-refractivity contribution in [3.63, 3.8) is 0 Å². The largest absolute Gasteiger partial charge is 0.442 e. The summed E-state index contributed by atoms with van der Waals surface area (Å²) in [6, 6.07) is 10.8. The van der Waals surface area contributed by atoms with E-state index in [0.29, 0.717) is 16.1 Å². The molecule has 0 saturated heterocycles. The molecule has 0 bridgehead atoms. The smallest absolute Gasteiger partial charge is 0.366 e. The van der Waals surface area contributed by atoms with Gasteiger partial charge in [-0.2, -0.15) is 0 Å². The van der Waals surface area contributed by atoms with E-state index < -0.39 is 10.9 Å². The molecule has 0 aliphatic carbocycles. The lowest BCUT2D eigenvalue weighted by atomic mass is 10.1. The highest BCUT2D eigenvalue weighted by atomic mass is 35.5. The fourth-order valence-corrected chi connectivity index (χ4v) is 2.41. The number of halogens is 1. The number of esters is 1. The van der Waals surface area contributed by atoms with Gasteiger partial charge in [-0.15, -0.1) is 0 Å². The minimum atomic E-state index is -0.799. The van der Waals surface area contributed by atoms with Gasteiger partial charge in [0.2, 0.25) is 0 Å². The highest BCUT2D eigenvalue weighted by Crippen LogP contribution is 2.31. The minimum absolute atomic E-state index is 0.0704. The van der Waals surface area contributed by atoms with Gasteiger partial charge in [0, 0.05) is 11.6 Å². The number of benzene rings is 2. The molecule has 1 heterocycles. The summed E-state index contributed by atoms with van der Waals surface area (Å²) in [5.41, 5.74) is 0.810. The van der Waals surface area contributed by atoms with Gasteiger partial charge in [-0.25, -0.2) is 9.78 Å². The van der Waals surface area contributed by atoms with Crippen LogP contribution in [-0.4, -0.2) is 15.9 Å². The lowest BCUT2D eigenvalue weighted by Crippen LogP contribution is -2.11. The van der Waals surface area contributed by atoms with Crippen molar-refractivity contribution in [1.29, 1.82) is 0 Å². The normalized spacial score (nSPS) is 10.5. The molecule has 126 valence electrons. The summed E-state index contributed by atoms with van der Waals surface area (Å²) in [6.45, 7) is 1.67. The van der Waals surface area contributed by atoms with Crippen LogP contribution in [0.2, 0.25) is 5.02 Å². The molecule has 1 aromatic heterocycles. The maximum atomic E-state index is 12.5. The summed E-state index contributed by atoms with van der Waals surface area (Å²) >= 11 is 6.12. The molecule has 0 radical (unpaired) electrons. The molecular formula is C17H11ClN2O5. The zero-order valence-electron chi connectivity index (χ0n) is 12.9. The Hall–Kier alpha value is -3.19. The quantitative estimate of drug-likeness (QED) is 0.296. The SMILES string of the molecule is Cc1ccc([N+](=O)[O-])cc1OC(=O)c1ncoc1-c1ccccc1Cl. The van der Waals surface area contributed by atoms with Crippen molar-refractivity contribution >= 4 is 23.3 Å². The van der Waals surface area contributed by atoms with Gasteiger partial charge in [-0.1, -0.05) is 23.7 Å². The van der Waals surface area contributed by atoms with E-state index in [1.807, 2.05) is 0 Å². The predicted octanol–water partition coefficient (Wildman–Crippen LogP) is 4.43. The number of non-ortho nitro benzene ring substituents is 1. The summed E-state index contributed by atoms with van der Waals surface area (Å²) in [7, 11) is 0. The van der Waals surface area contributed by atoms with E-state index in [-0.39, 0.29) is 22.9 Å². The van der Waals surface area contributed by atoms with Gasteiger partial charge in [-0.3, -0.25) is 10.1 Å². The third-order valence-electron chi connectivity index (χ3n) is 3.46. The first-order chi connectivity index (χ1) is 12.0. The fourth-order valence-electron chi connectivity index (χ4n) is 2.19. The van der Waals surface area contributed by atoms with Crippen LogP contribution < -0.4 is 4.74 Å². The van der Waals surface area contributed by atoms with Crippen LogP contribution in [-0.2, 0) is 0 Å². The fraction of sp³-hybridized carbons (Fsp3) is 0.0588. The van der Waals surface area contributed by atoms with Crippen LogP contribution >= 0.6 is 11.6 Å². The van der Waals surface area contributed by atoms with Crippen molar-refractivity contribution in [3.05, 3.63) is 75.3 Å². The number of ether oxygens (including phenoxy) is 1. The topological polar surface area (TPSA) is 95.5 Å². The first kappa shape index (κ1) is 16.7. The van der Waals surface area contributed by atoms with E-state index in [1.165, 1.54) is 18.2 Å². The van der Waals surface area contributed by atoms with E-state index in [9.17, 15) is 14.9 Å². The van der Waals surface area contributed by atoms with Gasteiger partial charge in [-0.05, 0) is 30.7 Å². The third-order valence-corrected chi connectivity index (χ3v) is 3.79. The number of rotatable bonds is 4. The van der Waals surface area contributed by atoms with E-state index in [2.05, 4.69) is 4.98 Å². The average molecular weight is 359 g/mol. The molecule has 0 saturated carbocycles. The molecule has 0 unspecified atom stereocenters. The molecule has 3 rings (SSSR count). The Morgan fingerprint density at radius 2 is 2.04 bits per heavy atom. The lowest BCUT2D eigenvalue weighted by molar-refractivity contribution is -0.384. The van der Waals surface area contributed by atoms with Crippen molar-refractivity contribution < 1.29 is 18.9 Å². The standard InChI is InChI=1S/C17H11ClN2O5/c1-10-6-7-11(20(22)23)8-14(10)25-17(21)15-16(24-9-19-15)12-4-2-3-5-13(12)18/h2-9H,1H3. The molecule has 0 aliphatic rings. The lowest BCUT2D eigenvalue weighted by Gasteiger charge is -2.07. The van der Waals surface area contributed by atoms with E-state index in [0.717, 1.165) is 6.39 Å². The highest BCUT2D eigenvalue weighted by molar-refractivity contribution is 6.33. The van der Waals surface area contributed by atoms with Crippen molar-refractivity contribution in [2.75, 3.05) is 0 Å². The Kier molecular flexibility index (Phi) is 4.49. The van der Waals surface area contributed by atoms with Crippen LogP contribution in [0.4, 0.5) is 5.69 Å². The molecule has 3 aromatic rings. The number of hydrogen-bond donors (Lipinski definition) is 0. The van der Waals surface area contributed by atoms with Crippen LogP contribution in [0.3, 0.4) is 0 Å². The van der Waals surface area contributed by atoms with Crippen LogP contribution in [0.5, 0.6) is 5.75 Å². The number of hydrogen-bond acceptors (Lipinski definition) is 6. The zero-order chi connectivity index (χ0) is 18.0. The molecule has 0 atom stereocenters.